The second-order valence-electron chi connectivity index (χ2n) is 3.95. The molecule has 3 N–H and O–H groups in total. The van der Waals surface area contributed by atoms with Crippen molar-refractivity contribution in [2.45, 2.75) is 0 Å². The molecular weight excluding hydrogens is 234 g/mol. The molecule has 0 unspecified atom stereocenters. The lowest BCUT2D eigenvalue weighted by Gasteiger charge is -2.20. The van der Waals surface area contributed by atoms with Crippen molar-refractivity contribution >= 4 is 5.70 Å². The Bertz CT molecular complexity index is 578. The van der Waals surface area contributed by atoms with Gasteiger partial charge in [0.2, 0.25) is 0 Å². The van der Waals surface area contributed by atoms with E-state index in [1.807, 2.05) is 0 Å². The minimum atomic E-state index is -0.628. The molecule has 18 heavy (non-hydrogen) atoms. The average molecular weight is 246 g/mol. The molecule has 0 bridgehead atoms. The van der Waals surface area contributed by atoms with E-state index in [-0.39, 0.29) is 0 Å². The number of allylic oxidation sites excluding steroid dienone is 2. The van der Waals surface area contributed by atoms with Gasteiger partial charge in [-0.1, -0.05) is 13.2 Å². The SMILES string of the molecule is C=C(N)C1=CC=C(c2cc(F)cc(F)c2)NC1=C. The minimum absolute atomic E-state index is 0.383. The van der Waals surface area contributed by atoms with Crippen LogP contribution in [0.15, 0.2) is 60.5 Å². The molecule has 2 nitrogen and oxygen atoms in total. The number of hydrogen-bond acceptors (Lipinski definition) is 2. The van der Waals surface area contributed by atoms with Crippen LogP contribution < -0.4 is 11.1 Å². The predicted molar refractivity (Wildman–Crippen MR) is 68.0 cm³/mol. The Labute approximate surface area is 104 Å². The van der Waals surface area contributed by atoms with Crippen LogP contribution in [-0.2, 0) is 0 Å². The second kappa shape index (κ2) is 4.49. The fraction of sp³-hybridized carbons (Fsp3) is 0. The Morgan fingerprint density at radius 2 is 1.72 bits per heavy atom. The predicted octanol–water partition coefficient (Wildman–Crippen LogP) is 2.82. The first-order chi connectivity index (χ1) is 8.47. The number of halogens is 2. The fourth-order valence-electron chi connectivity index (χ4n) is 1.72. The van der Waals surface area contributed by atoms with Gasteiger partial charge < -0.3 is 11.1 Å². The van der Waals surface area contributed by atoms with Gasteiger partial charge in [0.15, 0.2) is 0 Å². The molecule has 92 valence electrons. The third-order valence-electron chi connectivity index (χ3n) is 2.55. The Morgan fingerprint density at radius 1 is 1.11 bits per heavy atom. The summed E-state index contributed by atoms with van der Waals surface area (Å²) in [6, 6.07) is 3.31. The van der Waals surface area contributed by atoms with Crippen LogP contribution >= 0.6 is 0 Å². The third-order valence-corrected chi connectivity index (χ3v) is 2.55. The van der Waals surface area contributed by atoms with E-state index in [1.54, 1.807) is 12.2 Å². The highest BCUT2D eigenvalue weighted by Crippen LogP contribution is 2.23. The smallest absolute Gasteiger partial charge is 0.126 e. The lowest BCUT2D eigenvalue weighted by Crippen LogP contribution is -2.18. The van der Waals surface area contributed by atoms with Gasteiger partial charge in [-0.25, -0.2) is 8.78 Å². The molecule has 0 aliphatic carbocycles. The maximum atomic E-state index is 13.1. The van der Waals surface area contributed by atoms with Crippen molar-refractivity contribution in [2.24, 2.45) is 5.73 Å². The van der Waals surface area contributed by atoms with Gasteiger partial charge >= 0.3 is 0 Å². The maximum Gasteiger partial charge on any atom is 0.126 e. The molecule has 1 aliphatic heterocycles. The summed E-state index contributed by atoms with van der Waals surface area (Å²) in [4.78, 5) is 0. The van der Waals surface area contributed by atoms with Crippen molar-refractivity contribution in [3.63, 3.8) is 0 Å². The standard InChI is InChI=1S/C14H12F2N2/c1-8(17)13-3-4-14(18-9(13)2)10-5-11(15)7-12(16)6-10/h3-7,18H,1-2,17H2. The van der Waals surface area contributed by atoms with E-state index in [0.29, 0.717) is 28.2 Å². The molecule has 0 atom stereocenters. The Kier molecular flexibility index (Phi) is 3.02. The van der Waals surface area contributed by atoms with Crippen LogP contribution in [0.1, 0.15) is 5.56 Å². The van der Waals surface area contributed by atoms with E-state index >= 15 is 0 Å². The van der Waals surface area contributed by atoms with Crippen molar-refractivity contribution < 1.29 is 8.78 Å². The second-order valence-corrected chi connectivity index (χ2v) is 3.95. The van der Waals surface area contributed by atoms with Gasteiger partial charge in [-0.05, 0) is 24.3 Å². The molecule has 1 aliphatic rings. The molecule has 0 amide bonds. The number of nitrogens with one attached hydrogen (secondary N) is 1. The van der Waals surface area contributed by atoms with Crippen molar-refractivity contribution in [1.82, 2.24) is 5.32 Å². The zero-order valence-corrected chi connectivity index (χ0v) is 9.63. The highest BCUT2D eigenvalue weighted by Gasteiger charge is 2.13. The quantitative estimate of drug-likeness (QED) is 0.842. The molecule has 2 rings (SSSR count). The first kappa shape index (κ1) is 12.1. The molecule has 0 aromatic heterocycles. The summed E-state index contributed by atoms with van der Waals surface area (Å²) in [5.41, 5.74) is 8.15. The van der Waals surface area contributed by atoms with E-state index < -0.39 is 11.6 Å². The van der Waals surface area contributed by atoms with Crippen LogP contribution in [0.4, 0.5) is 8.78 Å². The molecule has 0 fully saturated rings. The average Bonchev–Trinajstić information content (AvgIpc) is 2.26. The summed E-state index contributed by atoms with van der Waals surface area (Å²) in [6.07, 6.45) is 3.38. The number of hydrogen-bond donors (Lipinski definition) is 2. The summed E-state index contributed by atoms with van der Waals surface area (Å²) in [7, 11) is 0. The number of rotatable bonds is 2. The van der Waals surface area contributed by atoms with Crippen molar-refractivity contribution in [2.75, 3.05) is 0 Å². The maximum absolute atomic E-state index is 13.1. The molecule has 0 radical (unpaired) electrons. The fourth-order valence-corrected chi connectivity index (χ4v) is 1.72. The van der Waals surface area contributed by atoms with Gasteiger partial charge in [0.05, 0.1) is 0 Å². The first-order valence-electron chi connectivity index (χ1n) is 5.27. The van der Waals surface area contributed by atoms with Crippen LogP contribution in [0, 0.1) is 11.6 Å². The van der Waals surface area contributed by atoms with Crippen LogP contribution in [0.25, 0.3) is 5.70 Å². The van der Waals surface area contributed by atoms with Crippen LogP contribution in [-0.4, -0.2) is 0 Å². The van der Waals surface area contributed by atoms with Crippen molar-refractivity contribution in [1.29, 1.82) is 0 Å². The monoisotopic (exact) mass is 246 g/mol. The lowest BCUT2D eigenvalue weighted by molar-refractivity contribution is 0.582. The highest BCUT2D eigenvalue weighted by atomic mass is 19.1. The molecule has 0 saturated carbocycles. The van der Waals surface area contributed by atoms with Gasteiger partial charge in [0.1, 0.15) is 11.6 Å². The van der Waals surface area contributed by atoms with Crippen LogP contribution in [0.3, 0.4) is 0 Å². The normalized spacial score (nSPS) is 14.7. The highest BCUT2D eigenvalue weighted by molar-refractivity contribution is 5.71. The topological polar surface area (TPSA) is 38.0 Å². The lowest BCUT2D eigenvalue weighted by atomic mass is 10.0. The van der Waals surface area contributed by atoms with Gasteiger partial charge in [0, 0.05) is 34.3 Å². The Balaban J connectivity index is 2.42. The summed E-state index contributed by atoms with van der Waals surface area (Å²) >= 11 is 0. The molecular formula is C14H12F2N2. The van der Waals surface area contributed by atoms with E-state index in [2.05, 4.69) is 18.5 Å². The Morgan fingerprint density at radius 3 is 2.22 bits per heavy atom. The number of dihydropyridines is 1. The first-order valence-corrected chi connectivity index (χ1v) is 5.27. The van der Waals surface area contributed by atoms with Gasteiger partial charge in [0.25, 0.3) is 0 Å². The van der Waals surface area contributed by atoms with Crippen LogP contribution in [0.5, 0.6) is 0 Å². The Hall–Kier alpha value is -2.36. The molecule has 0 saturated heterocycles. The molecule has 1 aromatic carbocycles. The summed E-state index contributed by atoms with van der Waals surface area (Å²) in [5.74, 6) is -1.26. The van der Waals surface area contributed by atoms with E-state index in [1.165, 1.54) is 12.1 Å². The summed E-state index contributed by atoms with van der Waals surface area (Å²) in [6.45, 7) is 7.40. The van der Waals surface area contributed by atoms with Gasteiger partial charge in [-0.15, -0.1) is 0 Å². The minimum Gasteiger partial charge on any atom is -0.399 e. The number of nitrogens with two attached hydrogens (primary N) is 1. The largest absolute Gasteiger partial charge is 0.399 e. The van der Waals surface area contributed by atoms with Crippen LogP contribution in [0.2, 0.25) is 0 Å². The zero-order chi connectivity index (χ0) is 13.3. The third kappa shape index (κ3) is 2.32. The van der Waals surface area contributed by atoms with E-state index in [9.17, 15) is 8.78 Å². The van der Waals surface area contributed by atoms with Crippen molar-refractivity contribution in [3.05, 3.63) is 77.7 Å². The molecule has 0 spiro atoms. The summed E-state index contributed by atoms with van der Waals surface area (Å²) < 4.78 is 26.2. The molecule has 1 aromatic rings. The zero-order valence-electron chi connectivity index (χ0n) is 9.63. The number of benzene rings is 1. The van der Waals surface area contributed by atoms with Crippen molar-refractivity contribution in [3.8, 4) is 0 Å². The van der Waals surface area contributed by atoms with Gasteiger partial charge in [-0.2, -0.15) is 0 Å². The molecule has 1 heterocycles. The van der Waals surface area contributed by atoms with Gasteiger partial charge in [-0.3, -0.25) is 0 Å². The van der Waals surface area contributed by atoms with E-state index in [4.69, 9.17) is 5.73 Å². The van der Waals surface area contributed by atoms with E-state index in [0.717, 1.165) is 6.07 Å². The summed E-state index contributed by atoms with van der Waals surface area (Å²) in [5, 5.41) is 2.94. The molecule has 4 heteroatoms.